The lowest BCUT2D eigenvalue weighted by atomic mass is 9.46. The highest BCUT2D eigenvalue weighted by Crippen LogP contribution is 2.67. The number of nitrogens with zero attached hydrogens (tertiary/aromatic N) is 1. The van der Waals surface area contributed by atoms with Crippen LogP contribution in [0.3, 0.4) is 0 Å². The summed E-state index contributed by atoms with van der Waals surface area (Å²) in [6, 6.07) is 0. The second kappa shape index (κ2) is 9.74. The van der Waals surface area contributed by atoms with Crippen molar-refractivity contribution in [3.8, 4) is 12.3 Å². The van der Waals surface area contributed by atoms with Crippen molar-refractivity contribution < 1.29 is 29.7 Å². The molecule has 0 aromatic carbocycles. The topological polar surface area (TPSA) is 128 Å². The monoisotopic (exact) mass is 514 g/mol. The third kappa shape index (κ3) is 4.70. The summed E-state index contributed by atoms with van der Waals surface area (Å²) >= 11 is 0. The number of aliphatic carboxylic acids is 1. The van der Waals surface area contributed by atoms with Crippen LogP contribution >= 0.6 is 0 Å². The Hall–Kier alpha value is -2.37. The van der Waals surface area contributed by atoms with Gasteiger partial charge in [-0.2, -0.15) is 0 Å². The highest BCUT2D eigenvalue weighted by molar-refractivity contribution is 5.96. The molecule has 0 saturated heterocycles. The Morgan fingerprint density at radius 2 is 1.92 bits per heavy atom. The first-order chi connectivity index (χ1) is 17.3. The van der Waals surface area contributed by atoms with Crippen LogP contribution in [0.5, 0.6) is 0 Å². The molecule has 204 valence electrons. The van der Waals surface area contributed by atoms with E-state index < -0.39 is 29.0 Å². The number of oxime groups is 1. The number of rotatable bonds is 7. The first kappa shape index (κ1) is 27.7. The second-order valence-electron chi connectivity index (χ2n) is 12.9. The van der Waals surface area contributed by atoms with Crippen LogP contribution < -0.4 is 5.32 Å². The number of allylic oxidation sites excluding steroid dienone is 2. The van der Waals surface area contributed by atoms with E-state index in [1.54, 1.807) is 13.8 Å². The Morgan fingerprint density at radius 1 is 1.22 bits per heavy atom. The summed E-state index contributed by atoms with van der Waals surface area (Å²) in [5.41, 5.74) is 0.152. The number of carboxylic acid groups (broad SMARTS) is 1. The second-order valence-corrected chi connectivity index (χ2v) is 12.9. The van der Waals surface area contributed by atoms with Gasteiger partial charge in [0.15, 0.2) is 12.7 Å². The van der Waals surface area contributed by atoms with E-state index in [1.807, 2.05) is 0 Å². The number of aliphatic hydroxyl groups excluding tert-OH is 1. The third-order valence-electron chi connectivity index (χ3n) is 10.5. The average Bonchev–Trinajstić information content (AvgIpc) is 3.13. The predicted molar refractivity (Wildman–Crippen MR) is 139 cm³/mol. The van der Waals surface area contributed by atoms with Crippen LogP contribution in [0.25, 0.3) is 0 Å². The first-order valence-electron chi connectivity index (χ1n) is 13.5. The number of hydrogen-bond acceptors (Lipinski definition) is 6. The molecular weight excluding hydrogens is 472 g/mol. The van der Waals surface area contributed by atoms with Crippen molar-refractivity contribution in [1.82, 2.24) is 5.32 Å². The number of fused-ring (bicyclic) bond motifs is 5. The van der Waals surface area contributed by atoms with E-state index in [4.69, 9.17) is 16.4 Å². The number of nitrogens with one attached hydrogen (secondary N) is 1. The highest BCUT2D eigenvalue weighted by atomic mass is 16.6. The molecule has 37 heavy (non-hydrogen) atoms. The molecular formula is C29H42N2O6. The Kier molecular flexibility index (Phi) is 7.28. The Labute approximate surface area is 219 Å². The number of carbonyl (C=O) groups is 2. The lowest BCUT2D eigenvalue weighted by Crippen LogP contribution is -2.54. The van der Waals surface area contributed by atoms with Crippen LogP contribution in [0.4, 0.5) is 0 Å². The summed E-state index contributed by atoms with van der Waals surface area (Å²) in [4.78, 5) is 28.5. The third-order valence-corrected chi connectivity index (χ3v) is 10.5. The van der Waals surface area contributed by atoms with E-state index in [-0.39, 0.29) is 24.0 Å². The van der Waals surface area contributed by atoms with Gasteiger partial charge in [0.1, 0.15) is 5.60 Å². The van der Waals surface area contributed by atoms with E-state index in [0.29, 0.717) is 24.2 Å². The van der Waals surface area contributed by atoms with E-state index in [1.165, 1.54) is 5.57 Å². The van der Waals surface area contributed by atoms with Crippen molar-refractivity contribution in [3.63, 3.8) is 0 Å². The lowest BCUT2D eigenvalue weighted by molar-refractivity contribution is -0.153. The molecule has 7 atom stereocenters. The summed E-state index contributed by atoms with van der Waals surface area (Å²) in [5, 5.41) is 36.8. The number of terminal acetylenes is 1. The zero-order valence-electron chi connectivity index (χ0n) is 22.5. The van der Waals surface area contributed by atoms with Gasteiger partial charge in [-0.1, -0.05) is 44.3 Å². The van der Waals surface area contributed by atoms with Gasteiger partial charge in [0.2, 0.25) is 0 Å². The van der Waals surface area contributed by atoms with Crippen molar-refractivity contribution in [2.75, 3.05) is 13.2 Å². The summed E-state index contributed by atoms with van der Waals surface area (Å²) in [5.74, 6) is 2.61. The normalized spacial score (nSPS) is 38.9. The fourth-order valence-electron chi connectivity index (χ4n) is 7.88. The van der Waals surface area contributed by atoms with Crippen LogP contribution in [0, 0.1) is 46.3 Å². The molecule has 0 bridgehead atoms. The molecule has 0 radical (unpaired) electrons. The van der Waals surface area contributed by atoms with E-state index >= 15 is 0 Å². The molecule has 1 amide bonds. The zero-order chi connectivity index (χ0) is 27.2. The van der Waals surface area contributed by atoms with Gasteiger partial charge in [-0.05, 0) is 80.6 Å². The molecule has 3 saturated carbocycles. The first-order valence-corrected chi connectivity index (χ1v) is 13.5. The summed E-state index contributed by atoms with van der Waals surface area (Å²) in [6.45, 7) is 7.47. The van der Waals surface area contributed by atoms with Crippen LogP contribution in [0.15, 0.2) is 16.8 Å². The van der Waals surface area contributed by atoms with Gasteiger partial charge in [0.25, 0.3) is 5.91 Å². The molecule has 8 nitrogen and oxygen atoms in total. The lowest BCUT2D eigenvalue weighted by Gasteiger charge is -2.58. The maximum absolute atomic E-state index is 12.2. The molecule has 3 fully saturated rings. The van der Waals surface area contributed by atoms with Crippen molar-refractivity contribution in [2.45, 2.75) is 90.8 Å². The van der Waals surface area contributed by atoms with Gasteiger partial charge in [-0.15, -0.1) is 6.42 Å². The summed E-state index contributed by atoms with van der Waals surface area (Å²) in [7, 11) is 0. The molecule has 0 aliphatic heterocycles. The molecule has 0 heterocycles. The van der Waals surface area contributed by atoms with Gasteiger partial charge in [0, 0.05) is 17.4 Å². The van der Waals surface area contributed by atoms with Gasteiger partial charge in [-0.25, -0.2) is 4.79 Å². The molecule has 8 heteroatoms. The zero-order valence-corrected chi connectivity index (χ0v) is 22.5. The highest BCUT2D eigenvalue weighted by Gasteiger charge is 2.63. The number of amides is 1. The van der Waals surface area contributed by atoms with E-state index in [0.717, 1.165) is 50.7 Å². The SMILES string of the molecule is C#C[C@@]1(O)CC[C@H]2[C@@H]3CCC4=CC(=NOCC(=O)NCC(C)(C)C(O)C(=O)O)CC[C@]4(C)[C@H]3CC[C@@]21C. The largest absolute Gasteiger partial charge is 0.479 e. The van der Waals surface area contributed by atoms with Gasteiger partial charge in [0.05, 0.1) is 5.71 Å². The number of hydrogen-bond donors (Lipinski definition) is 4. The fourth-order valence-corrected chi connectivity index (χ4v) is 7.88. The number of carboxylic acids is 1. The maximum Gasteiger partial charge on any atom is 0.333 e. The Bertz CT molecular complexity index is 1040. The van der Waals surface area contributed by atoms with Crippen molar-refractivity contribution in [1.29, 1.82) is 0 Å². The quantitative estimate of drug-likeness (QED) is 0.305. The summed E-state index contributed by atoms with van der Waals surface area (Å²) < 4.78 is 0. The van der Waals surface area contributed by atoms with Crippen LogP contribution in [-0.4, -0.2) is 57.8 Å². The minimum Gasteiger partial charge on any atom is -0.479 e. The molecule has 4 N–H and O–H groups in total. The van der Waals surface area contributed by atoms with Crippen LogP contribution in [-0.2, 0) is 14.4 Å². The van der Waals surface area contributed by atoms with Gasteiger partial charge < -0.3 is 25.5 Å². The Balaban J connectivity index is 1.36. The minimum absolute atomic E-state index is 0.00295. The van der Waals surface area contributed by atoms with Gasteiger partial charge >= 0.3 is 5.97 Å². The van der Waals surface area contributed by atoms with Crippen molar-refractivity contribution >= 4 is 17.6 Å². The number of aliphatic hydroxyl groups is 2. The maximum atomic E-state index is 12.2. The van der Waals surface area contributed by atoms with Crippen molar-refractivity contribution in [3.05, 3.63) is 11.6 Å². The fraction of sp³-hybridized carbons (Fsp3) is 0.759. The molecule has 4 aliphatic rings. The average molecular weight is 515 g/mol. The summed E-state index contributed by atoms with van der Waals surface area (Å²) in [6.07, 6.45) is 14.0. The molecule has 0 aromatic rings. The van der Waals surface area contributed by atoms with E-state index in [9.17, 15) is 19.8 Å². The predicted octanol–water partition coefficient (Wildman–Crippen LogP) is 3.27. The van der Waals surface area contributed by atoms with Crippen LogP contribution in [0.2, 0.25) is 0 Å². The van der Waals surface area contributed by atoms with Crippen LogP contribution in [0.1, 0.15) is 79.1 Å². The van der Waals surface area contributed by atoms with E-state index in [2.05, 4.69) is 36.3 Å². The molecule has 1 unspecified atom stereocenters. The van der Waals surface area contributed by atoms with Crippen molar-refractivity contribution in [2.24, 2.45) is 39.2 Å². The standard InChI is InChI=1S/C29H42N2O6/c1-6-29(36)14-11-22-20-8-7-18-15-19(9-12-27(18,4)21(20)10-13-28(22,29)5)31-37-16-23(32)30-17-26(2,3)24(33)25(34)35/h1,15,20-22,24,33,36H,7-14,16-17H2,2-5H3,(H,30,32)(H,34,35)/t20-,21+,22+,24?,27+,28+,29-/m1/s1. The minimum atomic E-state index is -1.58. The number of carbonyl (C=O) groups excluding carboxylic acids is 1. The van der Waals surface area contributed by atoms with Gasteiger partial charge in [-0.3, -0.25) is 4.79 Å². The molecule has 4 rings (SSSR count). The molecule has 0 aromatic heterocycles. The molecule has 4 aliphatic carbocycles. The smallest absolute Gasteiger partial charge is 0.333 e. The Morgan fingerprint density at radius 3 is 2.59 bits per heavy atom. The molecule has 0 spiro atoms.